The van der Waals surface area contributed by atoms with Gasteiger partial charge in [0, 0.05) is 19.6 Å². The zero-order chi connectivity index (χ0) is 19.0. The molecule has 0 atom stereocenters. The number of nitrogens with one attached hydrogen (secondary N) is 1. The van der Waals surface area contributed by atoms with E-state index in [9.17, 15) is 14.4 Å². The van der Waals surface area contributed by atoms with E-state index in [2.05, 4.69) is 5.32 Å². The average Bonchev–Trinajstić information content (AvgIpc) is 3.26. The number of rotatable bonds is 2. The van der Waals surface area contributed by atoms with Crippen LogP contribution in [0.25, 0.3) is 0 Å². The van der Waals surface area contributed by atoms with Crippen LogP contribution in [-0.2, 0) is 10.2 Å². The monoisotopic (exact) mass is 371 g/mol. The van der Waals surface area contributed by atoms with Crippen molar-refractivity contribution < 1.29 is 19.5 Å². The highest BCUT2D eigenvalue weighted by Gasteiger charge is 2.53. The molecule has 0 radical (unpaired) electrons. The van der Waals surface area contributed by atoms with Crippen molar-refractivity contribution in [2.24, 2.45) is 5.92 Å². The maximum atomic E-state index is 13.2. The highest BCUT2D eigenvalue weighted by molar-refractivity contribution is 6.22. The van der Waals surface area contributed by atoms with Gasteiger partial charge in [0.25, 0.3) is 0 Å². The molecule has 7 nitrogen and oxygen atoms in total. The maximum Gasteiger partial charge on any atom is 0.407 e. The molecule has 0 unspecified atom stereocenters. The van der Waals surface area contributed by atoms with Crippen molar-refractivity contribution in [2.45, 2.75) is 43.9 Å². The van der Waals surface area contributed by atoms with Gasteiger partial charge >= 0.3 is 12.1 Å². The molecule has 2 fully saturated rings. The summed E-state index contributed by atoms with van der Waals surface area (Å²) in [4.78, 5) is 39.8. The minimum absolute atomic E-state index is 0.0978. The first kappa shape index (κ1) is 17.8. The zero-order valence-electron chi connectivity index (χ0n) is 15.3. The number of hydrogen-bond acceptors (Lipinski definition) is 3. The molecule has 0 bridgehead atoms. The molecule has 2 aliphatic heterocycles. The predicted molar refractivity (Wildman–Crippen MR) is 99.8 cm³/mol. The molecule has 3 aliphatic rings. The molecule has 1 aromatic carbocycles. The Hall–Kier alpha value is -2.57. The van der Waals surface area contributed by atoms with Crippen molar-refractivity contribution in [1.82, 2.24) is 10.2 Å². The number of carbonyl (C=O) groups is 3. The third kappa shape index (κ3) is 2.95. The van der Waals surface area contributed by atoms with Gasteiger partial charge in [0.1, 0.15) is 0 Å². The number of para-hydroxylation sites is 1. The second kappa shape index (κ2) is 6.87. The van der Waals surface area contributed by atoms with Crippen LogP contribution in [0.3, 0.4) is 0 Å². The lowest BCUT2D eigenvalue weighted by atomic mass is 9.80. The Kier molecular flexibility index (Phi) is 4.53. The van der Waals surface area contributed by atoms with E-state index in [1.54, 1.807) is 0 Å². The number of amides is 4. The largest absolute Gasteiger partial charge is 0.465 e. The molecular weight excluding hydrogens is 346 g/mol. The van der Waals surface area contributed by atoms with E-state index in [1.165, 1.54) is 9.80 Å². The number of likely N-dealkylation sites (tertiary alicyclic amines) is 1. The molecule has 7 heteroatoms. The summed E-state index contributed by atoms with van der Waals surface area (Å²) in [7, 11) is 0. The summed E-state index contributed by atoms with van der Waals surface area (Å²) in [5.74, 6) is 0.136. The molecule has 1 saturated carbocycles. The number of piperidine rings is 1. The summed E-state index contributed by atoms with van der Waals surface area (Å²) >= 11 is 0. The number of benzene rings is 1. The second-order valence-corrected chi connectivity index (χ2v) is 7.85. The van der Waals surface area contributed by atoms with Crippen molar-refractivity contribution >= 4 is 23.7 Å². The van der Waals surface area contributed by atoms with Crippen LogP contribution in [0, 0.1) is 5.92 Å². The summed E-state index contributed by atoms with van der Waals surface area (Å²) in [5, 5.41) is 11.9. The summed E-state index contributed by atoms with van der Waals surface area (Å²) < 4.78 is 0. The van der Waals surface area contributed by atoms with Crippen molar-refractivity contribution in [2.75, 3.05) is 24.5 Å². The number of hydrogen-bond donors (Lipinski definition) is 2. The molecule has 2 N–H and O–H groups in total. The minimum Gasteiger partial charge on any atom is -0.465 e. The standard InChI is InChI=1S/C20H25N3O4/c24-17-20(9-3-4-10-20)15-5-1-2-6-16(15)23(17)18(25)21-13-14-7-11-22(12-8-14)19(26)27/h1-2,5-6,14H,3-4,7-13H2,(H,21,25)(H,26,27). The number of urea groups is 1. The van der Waals surface area contributed by atoms with Gasteiger partial charge in [-0.2, -0.15) is 0 Å². The van der Waals surface area contributed by atoms with Crippen molar-refractivity contribution in [1.29, 1.82) is 0 Å². The highest BCUT2D eigenvalue weighted by Crippen LogP contribution is 2.51. The number of nitrogens with zero attached hydrogens (tertiary/aromatic N) is 2. The lowest BCUT2D eigenvalue weighted by molar-refractivity contribution is -0.122. The number of carboxylic acid groups (broad SMARTS) is 1. The molecule has 4 amide bonds. The fourth-order valence-electron chi connectivity index (χ4n) is 4.81. The molecule has 27 heavy (non-hydrogen) atoms. The van der Waals surface area contributed by atoms with E-state index in [0.717, 1.165) is 44.1 Å². The first-order valence-corrected chi connectivity index (χ1v) is 9.73. The van der Waals surface area contributed by atoms with E-state index < -0.39 is 11.5 Å². The zero-order valence-corrected chi connectivity index (χ0v) is 15.3. The van der Waals surface area contributed by atoms with Crippen LogP contribution >= 0.6 is 0 Å². The molecule has 2 heterocycles. The van der Waals surface area contributed by atoms with Crippen LogP contribution in [0.2, 0.25) is 0 Å². The summed E-state index contributed by atoms with van der Waals surface area (Å²) in [5.41, 5.74) is 1.17. The van der Waals surface area contributed by atoms with Gasteiger partial charge in [0.15, 0.2) is 0 Å². The first-order valence-electron chi connectivity index (χ1n) is 9.73. The van der Waals surface area contributed by atoms with Crippen LogP contribution < -0.4 is 10.2 Å². The van der Waals surface area contributed by atoms with Gasteiger partial charge in [-0.05, 0) is 43.2 Å². The molecule has 1 spiro atoms. The fraction of sp³-hybridized carbons (Fsp3) is 0.550. The number of carbonyl (C=O) groups excluding carboxylic acids is 2. The van der Waals surface area contributed by atoms with Crippen LogP contribution in [0.5, 0.6) is 0 Å². The van der Waals surface area contributed by atoms with Gasteiger partial charge in [-0.15, -0.1) is 0 Å². The minimum atomic E-state index is -0.890. The van der Waals surface area contributed by atoms with Crippen molar-refractivity contribution in [3.8, 4) is 0 Å². The third-order valence-corrected chi connectivity index (χ3v) is 6.36. The molecule has 144 valence electrons. The smallest absolute Gasteiger partial charge is 0.407 e. The molecule has 1 aliphatic carbocycles. The average molecular weight is 371 g/mol. The number of anilines is 1. The van der Waals surface area contributed by atoms with Crippen LogP contribution in [0.4, 0.5) is 15.3 Å². The summed E-state index contributed by atoms with van der Waals surface area (Å²) in [6.07, 6.45) is 4.19. The Bertz CT molecular complexity index is 764. The molecule has 1 aromatic rings. The Morgan fingerprint density at radius 3 is 2.48 bits per heavy atom. The van der Waals surface area contributed by atoms with E-state index in [4.69, 9.17) is 5.11 Å². The SMILES string of the molecule is O=C(O)N1CCC(CNC(=O)N2C(=O)C3(CCCC3)c3ccccc32)CC1. The van der Waals surface area contributed by atoms with Gasteiger partial charge in [0.05, 0.1) is 11.1 Å². The van der Waals surface area contributed by atoms with Crippen LogP contribution in [-0.4, -0.2) is 47.7 Å². The predicted octanol–water partition coefficient (Wildman–Crippen LogP) is 2.94. The lowest BCUT2D eigenvalue weighted by Gasteiger charge is -2.30. The Balaban J connectivity index is 1.44. The fourth-order valence-corrected chi connectivity index (χ4v) is 4.81. The number of fused-ring (bicyclic) bond motifs is 2. The normalized spacial score (nSPS) is 21.6. The number of imide groups is 1. The first-order chi connectivity index (χ1) is 13.0. The van der Waals surface area contributed by atoms with E-state index in [0.29, 0.717) is 25.3 Å². The van der Waals surface area contributed by atoms with Gasteiger partial charge in [0.2, 0.25) is 5.91 Å². The molecular formula is C20H25N3O4. The Morgan fingerprint density at radius 1 is 1.15 bits per heavy atom. The van der Waals surface area contributed by atoms with Gasteiger partial charge in [-0.3, -0.25) is 4.79 Å². The van der Waals surface area contributed by atoms with E-state index in [-0.39, 0.29) is 17.9 Å². The third-order valence-electron chi connectivity index (χ3n) is 6.36. The maximum absolute atomic E-state index is 13.2. The Morgan fingerprint density at radius 2 is 1.81 bits per heavy atom. The van der Waals surface area contributed by atoms with Crippen LogP contribution in [0.1, 0.15) is 44.1 Å². The van der Waals surface area contributed by atoms with Gasteiger partial charge in [-0.1, -0.05) is 31.0 Å². The quantitative estimate of drug-likeness (QED) is 0.836. The van der Waals surface area contributed by atoms with Crippen molar-refractivity contribution in [3.05, 3.63) is 29.8 Å². The molecule has 1 saturated heterocycles. The molecule has 4 rings (SSSR count). The van der Waals surface area contributed by atoms with E-state index in [1.807, 2.05) is 24.3 Å². The van der Waals surface area contributed by atoms with E-state index >= 15 is 0 Å². The topological polar surface area (TPSA) is 89.9 Å². The van der Waals surface area contributed by atoms with Crippen molar-refractivity contribution in [3.63, 3.8) is 0 Å². The Labute approximate surface area is 158 Å². The molecule has 0 aromatic heterocycles. The lowest BCUT2D eigenvalue weighted by Crippen LogP contribution is -2.48. The summed E-state index contributed by atoms with van der Waals surface area (Å²) in [6.45, 7) is 1.44. The van der Waals surface area contributed by atoms with Crippen LogP contribution in [0.15, 0.2) is 24.3 Å². The van der Waals surface area contributed by atoms with Gasteiger partial charge in [-0.25, -0.2) is 14.5 Å². The second-order valence-electron chi connectivity index (χ2n) is 7.85. The highest BCUT2D eigenvalue weighted by atomic mass is 16.4. The summed E-state index contributed by atoms with van der Waals surface area (Å²) in [6, 6.07) is 7.27. The van der Waals surface area contributed by atoms with Gasteiger partial charge < -0.3 is 15.3 Å².